The standard InChI is InChI=1S/2C16H17NS2.Ni/c2*1-17(2)14-10-8-13(9-11-14)16(19)15(18)12-6-4-3-5-7-12;/h2*3-11,18-19H,1-2H3;/b2*16-15-;. The first-order valence-electron chi connectivity index (χ1n) is 12.1. The molecule has 0 atom stereocenters. The van der Waals surface area contributed by atoms with Gasteiger partial charge in [-0.3, -0.25) is 0 Å². The van der Waals surface area contributed by atoms with Gasteiger partial charge in [-0.2, -0.15) is 0 Å². The zero-order valence-electron chi connectivity index (χ0n) is 22.4. The van der Waals surface area contributed by atoms with Gasteiger partial charge in [-0.1, -0.05) is 84.9 Å². The molecule has 0 heterocycles. The molecule has 39 heavy (non-hydrogen) atoms. The molecule has 0 saturated carbocycles. The molecule has 0 spiro atoms. The van der Waals surface area contributed by atoms with E-state index < -0.39 is 0 Å². The van der Waals surface area contributed by atoms with Crippen molar-refractivity contribution in [2.45, 2.75) is 0 Å². The predicted molar refractivity (Wildman–Crippen MR) is 184 cm³/mol. The first-order chi connectivity index (χ1) is 18.2. The summed E-state index contributed by atoms with van der Waals surface area (Å²) in [4.78, 5) is 7.71. The molecule has 0 amide bonds. The van der Waals surface area contributed by atoms with E-state index in [0.717, 1.165) is 41.9 Å². The van der Waals surface area contributed by atoms with Gasteiger partial charge in [0.2, 0.25) is 0 Å². The molecule has 7 heteroatoms. The summed E-state index contributed by atoms with van der Waals surface area (Å²) >= 11 is 18.4. The summed E-state index contributed by atoms with van der Waals surface area (Å²) in [6.07, 6.45) is 0. The van der Waals surface area contributed by atoms with E-state index in [1.807, 2.05) is 88.9 Å². The second-order valence-electron chi connectivity index (χ2n) is 9.01. The van der Waals surface area contributed by atoms with Gasteiger partial charge < -0.3 is 9.80 Å². The van der Waals surface area contributed by atoms with Crippen molar-refractivity contribution in [2.75, 3.05) is 38.0 Å². The molecule has 206 valence electrons. The van der Waals surface area contributed by atoms with Crippen molar-refractivity contribution in [3.8, 4) is 0 Å². The average Bonchev–Trinajstić information content (AvgIpc) is 2.97. The van der Waals surface area contributed by atoms with Gasteiger partial charge in [-0.25, -0.2) is 0 Å². The minimum Gasteiger partial charge on any atom is -0.378 e. The largest absolute Gasteiger partial charge is 0.378 e. The van der Waals surface area contributed by atoms with E-state index >= 15 is 0 Å². The second kappa shape index (κ2) is 16.2. The van der Waals surface area contributed by atoms with Gasteiger partial charge in [0.25, 0.3) is 0 Å². The molecule has 0 N–H and O–H groups in total. The summed E-state index contributed by atoms with van der Waals surface area (Å²) in [7, 11) is 8.11. The van der Waals surface area contributed by atoms with E-state index in [0.29, 0.717) is 0 Å². The van der Waals surface area contributed by atoms with Gasteiger partial charge in [0, 0.05) is 75.7 Å². The third-order valence-electron chi connectivity index (χ3n) is 5.86. The quantitative estimate of drug-likeness (QED) is 0.0958. The maximum Gasteiger partial charge on any atom is 0.0361 e. The van der Waals surface area contributed by atoms with Crippen molar-refractivity contribution in [3.05, 3.63) is 131 Å². The van der Waals surface area contributed by atoms with Crippen molar-refractivity contribution < 1.29 is 16.5 Å². The fraction of sp³-hybridized carbons (Fsp3) is 0.125. The molecular weight excluding hydrogens is 599 g/mol. The van der Waals surface area contributed by atoms with Crippen LogP contribution in [-0.2, 0) is 16.5 Å². The molecule has 0 fully saturated rings. The van der Waals surface area contributed by atoms with E-state index in [-0.39, 0.29) is 16.5 Å². The number of benzene rings is 4. The van der Waals surface area contributed by atoms with Crippen LogP contribution < -0.4 is 9.80 Å². The van der Waals surface area contributed by atoms with Crippen LogP contribution in [0.1, 0.15) is 22.3 Å². The van der Waals surface area contributed by atoms with E-state index in [1.54, 1.807) is 0 Å². The molecule has 0 bridgehead atoms. The van der Waals surface area contributed by atoms with Crippen LogP contribution in [0.3, 0.4) is 0 Å². The zero-order chi connectivity index (χ0) is 27.7. The Morgan fingerprint density at radius 2 is 0.615 bits per heavy atom. The van der Waals surface area contributed by atoms with Crippen LogP contribution in [0.2, 0.25) is 0 Å². The van der Waals surface area contributed by atoms with Gasteiger partial charge in [-0.15, -0.1) is 50.5 Å². The average molecular weight is 634 g/mol. The van der Waals surface area contributed by atoms with Gasteiger partial charge in [0.1, 0.15) is 0 Å². The van der Waals surface area contributed by atoms with Crippen LogP contribution in [0.4, 0.5) is 11.4 Å². The second-order valence-corrected chi connectivity index (χ2v) is 10.8. The fourth-order valence-corrected chi connectivity index (χ4v) is 4.69. The van der Waals surface area contributed by atoms with Crippen LogP contribution in [0.5, 0.6) is 0 Å². The maximum atomic E-state index is 4.60. The molecular formula is C32H34N2NiS4. The number of hydrogen-bond donors (Lipinski definition) is 4. The van der Waals surface area contributed by atoms with Gasteiger partial charge in [-0.05, 0) is 46.5 Å². The van der Waals surface area contributed by atoms with Crippen molar-refractivity contribution >= 4 is 81.5 Å². The van der Waals surface area contributed by atoms with Crippen LogP contribution in [0, 0.1) is 0 Å². The van der Waals surface area contributed by atoms with E-state index in [2.05, 4.69) is 109 Å². The summed E-state index contributed by atoms with van der Waals surface area (Å²) < 4.78 is 0. The molecule has 0 aliphatic heterocycles. The fourth-order valence-electron chi connectivity index (χ4n) is 3.57. The molecule has 0 aliphatic carbocycles. The Balaban J connectivity index is 0.000000267. The minimum absolute atomic E-state index is 0. The Labute approximate surface area is 265 Å². The Morgan fingerprint density at radius 3 is 0.846 bits per heavy atom. The van der Waals surface area contributed by atoms with Crippen molar-refractivity contribution in [3.63, 3.8) is 0 Å². The molecule has 0 saturated heterocycles. The minimum atomic E-state index is 0. The first kappa shape index (κ1) is 33.1. The molecule has 4 aromatic carbocycles. The summed E-state index contributed by atoms with van der Waals surface area (Å²) in [5, 5.41) is 0. The van der Waals surface area contributed by atoms with Crippen molar-refractivity contribution in [1.82, 2.24) is 0 Å². The van der Waals surface area contributed by atoms with Crippen LogP contribution in [0.15, 0.2) is 109 Å². The number of hydrogen-bond acceptors (Lipinski definition) is 6. The van der Waals surface area contributed by atoms with Crippen LogP contribution >= 0.6 is 50.5 Å². The number of thiol groups is 4. The molecule has 0 aliphatic rings. The third-order valence-corrected chi connectivity index (χ3v) is 8.14. The van der Waals surface area contributed by atoms with E-state index in [4.69, 9.17) is 0 Å². The normalized spacial score (nSPS) is 11.7. The summed E-state index contributed by atoms with van der Waals surface area (Å²) in [6, 6.07) is 36.7. The topological polar surface area (TPSA) is 6.48 Å². The number of nitrogens with zero attached hydrogens (tertiary/aromatic N) is 2. The monoisotopic (exact) mass is 632 g/mol. The molecule has 0 radical (unpaired) electrons. The smallest absolute Gasteiger partial charge is 0.0361 e. The SMILES string of the molecule is CN(C)c1ccc(/C(S)=C(/S)c2ccccc2)cc1.CN(C)c1ccc(/C(S)=C(/S)c2ccccc2)cc1.[Ni]. The Bertz CT molecular complexity index is 1260. The van der Waals surface area contributed by atoms with Crippen molar-refractivity contribution in [1.29, 1.82) is 0 Å². The predicted octanol–water partition coefficient (Wildman–Crippen LogP) is 8.87. The first-order valence-corrected chi connectivity index (χ1v) is 13.9. The summed E-state index contributed by atoms with van der Waals surface area (Å²) in [5.74, 6) is 0. The number of anilines is 2. The molecule has 2 nitrogen and oxygen atoms in total. The van der Waals surface area contributed by atoms with Crippen LogP contribution in [-0.4, -0.2) is 28.2 Å². The third kappa shape index (κ3) is 9.48. The van der Waals surface area contributed by atoms with Gasteiger partial charge in [0.15, 0.2) is 0 Å². The molecule has 4 aromatic rings. The Morgan fingerprint density at radius 1 is 0.385 bits per heavy atom. The maximum absolute atomic E-state index is 4.60. The van der Waals surface area contributed by atoms with E-state index in [9.17, 15) is 0 Å². The van der Waals surface area contributed by atoms with Gasteiger partial charge in [0.05, 0.1) is 0 Å². The number of rotatable bonds is 6. The van der Waals surface area contributed by atoms with Crippen LogP contribution in [0.25, 0.3) is 19.6 Å². The molecule has 0 aromatic heterocycles. The molecule has 0 unspecified atom stereocenters. The Kier molecular flexibility index (Phi) is 13.7. The zero-order valence-corrected chi connectivity index (χ0v) is 27.0. The Hall–Kier alpha value is -2.15. The van der Waals surface area contributed by atoms with Gasteiger partial charge >= 0.3 is 0 Å². The molecule has 4 rings (SSSR count). The van der Waals surface area contributed by atoms with E-state index in [1.165, 1.54) is 11.4 Å². The van der Waals surface area contributed by atoms with Crippen molar-refractivity contribution in [2.24, 2.45) is 0 Å². The summed E-state index contributed by atoms with van der Waals surface area (Å²) in [6.45, 7) is 0. The summed E-state index contributed by atoms with van der Waals surface area (Å²) in [5.41, 5.74) is 6.64.